The summed E-state index contributed by atoms with van der Waals surface area (Å²) in [5.74, 6) is -0.290. The summed E-state index contributed by atoms with van der Waals surface area (Å²) < 4.78 is 0. The maximum Gasteiger partial charge on any atom is 0.325 e. The number of imide groups is 1. The Morgan fingerprint density at radius 3 is 2.64 bits per heavy atom. The number of carbonyl (C=O) groups excluding carboxylic acids is 3. The van der Waals surface area contributed by atoms with Crippen molar-refractivity contribution in [3.63, 3.8) is 0 Å². The fraction of sp³-hybridized carbons (Fsp3) is 0.591. The number of amides is 4. The van der Waals surface area contributed by atoms with Gasteiger partial charge < -0.3 is 10.6 Å². The lowest BCUT2D eigenvalue weighted by Crippen LogP contribution is -2.54. The highest BCUT2D eigenvalue weighted by atomic mass is 16.2. The van der Waals surface area contributed by atoms with E-state index in [2.05, 4.69) is 31.4 Å². The van der Waals surface area contributed by atoms with E-state index in [9.17, 15) is 14.4 Å². The van der Waals surface area contributed by atoms with E-state index in [1.807, 2.05) is 32.0 Å². The second kappa shape index (κ2) is 7.22. The van der Waals surface area contributed by atoms with Crippen molar-refractivity contribution in [3.8, 4) is 0 Å². The van der Waals surface area contributed by atoms with Crippen molar-refractivity contribution in [1.29, 1.82) is 0 Å². The molecule has 0 unspecified atom stereocenters. The van der Waals surface area contributed by atoms with Gasteiger partial charge in [0.1, 0.15) is 12.1 Å². The number of para-hydroxylation sites is 1. The van der Waals surface area contributed by atoms with Crippen LogP contribution < -0.4 is 10.6 Å². The fourth-order valence-electron chi connectivity index (χ4n) is 5.17. The van der Waals surface area contributed by atoms with Crippen LogP contribution in [0.4, 0.5) is 10.5 Å². The monoisotopic (exact) mass is 385 g/mol. The third-order valence-corrected chi connectivity index (χ3v) is 5.93. The van der Waals surface area contributed by atoms with E-state index in [4.69, 9.17) is 0 Å². The molecule has 6 heteroatoms. The van der Waals surface area contributed by atoms with E-state index in [-0.39, 0.29) is 23.8 Å². The Morgan fingerprint density at radius 1 is 1.29 bits per heavy atom. The number of hydrogen-bond acceptors (Lipinski definition) is 3. The van der Waals surface area contributed by atoms with Crippen LogP contribution in [-0.2, 0) is 16.0 Å². The normalized spacial score (nSPS) is 26.5. The van der Waals surface area contributed by atoms with Gasteiger partial charge in [0.15, 0.2) is 0 Å². The average molecular weight is 386 g/mol. The summed E-state index contributed by atoms with van der Waals surface area (Å²) in [5.41, 5.74) is 1.85. The summed E-state index contributed by atoms with van der Waals surface area (Å²) in [6.45, 7) is 10.1. The topological polar surface area (TPSA) is 78.5 Å². The van der Waals surface area contributed by atoms with E-state index >= 15 is 0 Å². The fourth-order valence-corrected chi connectivity index (χ4v) is 5.17. The molecule has 1 heterocycles. The predicted molar refractivity (Wildman–Crippen MR) is 109 cm³/mol. The van der Waals surface area contributed by atoms with E-state index in [0.717, 1.165) is 34.6 Å². The molecule has 2 atom stereocenters. The number of hydrogen-bond donors (Lipinski definition) is 2. The summed E-state index contributed by atoms with van der Waals surface area (Å²) in [5, 5.41) is 5.82. The molecular weight excluding hydrogens is 354 g/mol. The number of anilines is 1. The SMILES string of the molecule is CCc1cccc(C)c1NC(=O)CN1C(=O)N[C@@]2(C[C@H](C)CC(C)(C)C2)C1=O. The van der Waals surface area contributed by atoms with Crippen molar-refractivity contribution in [2.75, 3.05) is 11.9 Å². The first-order valence-electron chi connectivity index (χ1n) is 10.1. The van der Waals surface area contributed by atoms with Crippen molar-refractivity contribution >= 4 is 23.5 Å². The van der Waals surface area contributed by atoms with Crippen LogP contribution in [0.15, 0.2) is 18.2 Å². The first-order valence-corrected chi connectivity index (χ1v) is 10.1. The van der Waals surface area contributed by atoms with Crippen LogP contribution in [0.5, 0.6) is 0 Å². The van der Waals surface area contributed by atoms with Gasteiger partial charge in [-0.05, 0) is 55.1 Å². The highest BCUT2D eigenvalue weighted by Crippen LogP contribution is 2.46. The van der Waals surface area contributed by atoms with Crippen LogP contribution in [0, 0.1) is 18.3 Å². The molecule has 6 nitrogen and oxygen atoms in total. The summed E-state index contributed by atoms with van der Waals surface area (Å²) >= 11 is 0. The lowest BCUT2D eigenvalue weighted by molar-refractivity contribution is -0.136. The molecule has 28 heavy (non-hydrogen) atoms. The van der Waals surface area contributed by atoms with Crippen molar-refractivity contribution in [1.82, 2.24) is 10.2 Å². The number of nitrogens with zero attached hydrogens (tertiary/aromatic N) is 1. The van der Waals surface area contributed by atoms with Gasteiger partial charge in [-0.2, -0.15) is 0 Å². The number of nitrogens with one attached hydrogen (secondary N) is 2. The Hall–Kier alpha value is -2.37. The zero-order valence-electron chi connectivity index (χ0n) is 17.5. The summed E-state index contributed by atoms with van der Waals surface area (Å²) in [6.07, 6.45) is 3.03. The van der Waals surface area contributed by atoms with Gasteiger partial charge in [0.2, 0.25) is 5.91 Å². The molecule has 0 aromatic heterocycles. The molecule has 1 spiro atoms. The summed E-state index contributed by atoms with van der Waals surface area (Å²) in [7, 11) is 0. The molecule has 0 radical (unpaired) electrons. The van der Waals surface area contributed by atoms with Crippen LogP contribution in [0.2, 0.25) is 0 Å². The molecule has 1 aliphatic heterocycles. The van der Waals surface area contributed by atoms with Crippen LogP contribution in [0.1, 0.15) is 58.1 Å². The van der Waals surface area contributed by atoms with Crippen molar-refractivity contribution in [2.45, 2.75) is 65.8 Å². The van der Waals surface area contributed by atoms with Gasteiger partial charge in [0.05, 0.1) is 0 Å². The van der Waals surface area contributed by atoms with Crippen LogP contribution in [0.3, 0.4) is 0 Å². The first kappa shape index (κ1) is 20.4. The molecule has 1 aromatic rings. The maximum absolute atomic E-state index is 13.2. The third kappa shape index (κ3) is 3.77. The van der Waals surface area contributed by atoms with Gasteiger partial charge in [-0.3, -0.25) is 14.5 Å². The lowest BCUT2D eigenvalue weighted by Gasteiger charge is -2.43. The number of aryl methyl sites for hydroxylation is 2. The predicted octanol–water partition coefficient (Wildman–Crippen LogP) is 3.63. The van der Waals surface area contributed by atoms with Crippen molar-refractivity contribution in [2.24, 2.45) is 11.3 Å². The van der Waals surface area contributed by atoms with E-state index in [1.165, 1.54) is 0 Å². The number of rotatable bonds is 4. The minimum absolute atomic E-state index is 0.0317. The highest BCUT2D eigenvalue weighted by Gasteiger charge is 2.56. The largest absolute Gasteiger partial charge is 0.325 e. The number of urea groups is 1. The van der Waals surface area contributed by atoms with E-state index in [0.29, 0.717) is 18.8 Å². The Morgan fingerprint density at radius 2 is 2.00 bits per heavy atom. The molecule has 4 amide bonds. The Balaban J connectivity index is 1.76. The zero-order valence-corrected chi connectivity index (χ0v) is 17.5. The van der Waals surface area contributed by atoms with Crippen LogP contribution >= 0.6 is 0 Å². The molecule has 2 fully saturated rings. The Bertz CT molecular complexity index is 817. The Labute approximate surface area is 167 Å². The van der Waals surface area contributed by atoms with Crippen LogP contribution in [-0.4, -0.2) is 34.8 Å². The maximum atomic E-state index is 13.2. The smallest absolute Gasteiger partial charge is 0.324 e. The van der Waals surface area contributed by atoms with Gasteiger partial charge in [-0.25, -0.2) is 4.79 Å². The van der Waals surface area contributed by atoms with E-state index in [1.54, 1.807) is 0 Å². The van der Waals surface area contributed by atoms with Gasteiger partial charge in [0.25, 0.3) is 5.91 Å². The zero-order chi connectivity index (χ0) is 20.7. The summed E-state index contributed by atoms with van der Waals surface area (Å²) in [6, 6.07) is 5.39. The van der Waals surface area contributed by atoms with Gasteiger partial charge >= 0.3 is 6.03 Å². The second-order valence-corrected chi connectivity index (χ2v) is 9.27. The molecule has 3 rings (SSSR count). The highest BCUT2D eigenvalue weighted by molar-refractivity contribution is 6.10. The van der Waals surface area contributed by atoms with Crippen molar-refractivity contribution in [3.05, 3.63) is 29.3 Å². The van der Waals surface area contributed by atoms with Crippen LogP contribution in [0.25, 0.3) is 0 Å². The minimum atomic E-state index is -0.879. The standard InChI is InChI=1S/C22H31N3O3/c1-6-16-9-7-8-15(3)18(16)23-17(26)12-25-19(27)22(24-20(25)28)11-14(2)10-21(4,5)13-22/h7-9,14H,6,10-13H2,1-5H3,(H,23,26)(H,24,28)/t14-,22-/m1/s1. The lowest BCUT2D eigenvalue weighted by atomic mass is 9.64. The molecule has 152 valence electrons. The van der Waals surface area contributed by atoms with Crippen molar-refractivity contribution < 1.29 is 14.4 Å². The Kier molecular flexibility index (Phi) is 5.26. The number of benzene rings is 1. The molecule has 1 saturated carbocycles. The van der Waals surface area contributed by atoms with Gasteiger partial charge in [-0.15, -0.1) is 0 Å². The number of carbonyl (C=O) groups is 3. The first-order chi connectivity index (χ1) is 13.1. The van der Waals surface area contributed by atoms with Gasteiger partial charge in [-0.1, -0.05) is 45.9 Å². The molecule has 1 aliphatic carbocycles. The third-order valence-electron chi connectivity index (χ3n) is 5.93. The van der Waals surface area contributed by atoms with Gasteiger partial charge in [0, 0.05) is 5.69 Å². The molecule has 1 aromatic carbocycles. The minimum Gasteiger partial charge on any atom is -0.324 e. The molecule has 1 saturated heterocycles. The molecular formula is C22H31N3O3. The molecule has 2 N–H and O–H groups in total. The molecule has 2 aliphatic rings. The molecule has 0 bridgehead atoms. The quantitative estimate of drug-likeness (QED) is 0.777. The summed E-state index contributed by atoms with van der Waals surface area (Å²) in [4.78, 5) is 39.5. The second-order valence-electron chi connectivity index (χ2n) is 9.27. The van der Waals surface area contributed by atoms with E-state index < -0.39 is 11.6 Å². The average Bonchev–Trinajstić information content (AvgIpc) is 2.78.